The highest BCUT2D eigenvalue weighted by molar-refractivity contribution is 9.10. The first-order valence-electron chi connectivity index (χ1n) is 10.2. The van der Waals surface area contributed by atoms with E-state index in [1.165, 1.54) is 16.4 Å². The molecule has 0 aromatic heterocycles. The van der Waals surface area contributed by atoms with E-state index in [0.29, 0.717) is 12.0 Å². The fourth-order valence-electron chi connectivity index (χ4n) is 3.97. The summed E-state index contributed by atoms with van der Waals surface area (Å²) in [6.07, 6.45) is 0.551. The van der Waals surface area contributed by atoms with Crippen molar-refractivity contribution >= 4 is 31.9 Å². The normalized spacial score (nSPS) is 16.4. The summed E-state index contributed by atoms with van der Waals surface area (Å²) in [5.41, 5.74) is 2.51. The highest BCUT2D eigenvalue weighted by Crippen LogP contribution is 2.36. The van der Waals surface area contributed by atoms with E-state index in [1.807, 2.05) is 24.3 Å². The summed E-state index contributed by atoms with van der Waals surface area (Å²) in [5.74, 6) is -0.670. The summed E-state index contributed by atoms with van der Waals surface area (Å²) < 4.78 is 42.5. The second-order valence-corrected chi connectivity index (χ2v) is 10.5. The van der Waals surface area contributed by atoms with Crippen molar-refractivity contribution in [2.24, 2.45) is 0 Å². The minimum absolute atomic E-state index is 0.0257. The summed E-state index contributed by atoms with van der Waals surface area (Å²) in [6.45, 7) is 0.460. The van der Waals surface area contributed by atoms with Crippen LogP contribution >= 0.6 is 15.9 Å². The average Bonchev–Trinajstić information content (AvgIpc) is 2.78. The Hall–Kier alpha value is -2.55. The van der Waals surface area contributed by atoms with E-state index in [0.717, 1.165) is 15.6 Å². The largest absolute Gasteiger partial charge is 0.352 e. The van der Waals surface area contributed by atoms with Crippen LogP contribution in [0.4, 0.5) is 4.39 Å². The fraction of sp³-hybridized carbons (Fsp3) is 0.208. The van der Waals surface area contributed by atoms with Crippen LogP contribution in [0.5, 0.6) is 0 Å². The first kappa shape index (κ1) is 22.6. The predicted octanol–water partition coefficient (Wildman–Crippen LogP) is 4.58. The number of carbonyl (C=O) groups excluding carboxylic acids is 1. The van der Waals surface area contributed by atoms with E-state index in [2.05, 4.69) is 21.2 Å². The van der Waals surface area contributed by atoms with E-state index in [1.54, 1.807) is 36.4 Å². The van der Waals surface area contributed by atoms with Crippen LogP contribution in [0, 0.1) is 5.82 Å². The molecule has 1 unspecified atom stereocenters. The molecular weight excluding hydrogens is 495 g/mol. The Kier molecular flexibility index (Phi) is 6.74. The van der Waals surface area contributed by atoms with Gasteiger partial charge in [-0.05, 0) is 59.5 Å². The van der Waals surface area contributed by atoms with E-state index in [4.69, 9.17) is 0 Å². The van der Waals surface area contributed by atoms with E-state index in [-0.39, 0.29) is 36.1 Å². The molecule has 5 nitrogen and oxygen atoms in total. The zero-order valence-corrected chi connectivity index (χ0v) is 19.6. The number of amides is 1. The second kappa shape index (κ2) is 9.52. The minimum Gasteiger partial charge on any atom is -0.352 e. The second-order valence-electron chi connectivity index (χ2n) is 7.65. The predicted molar refractivity (Wildman–Crippen MR) is 124 cm³/mol. The first-order chi connectivity index (χ1) is 15.3. The number of halogens is 2. The van der Waals surface area contributed by atoms with E-state index >= 15 is 0 Å². The monoisotopic (exact) mass is 516 g/mol. The van der Waals surface area contributed by atoms with Gasteiger partial charge in [-0.2, -0.15) is 4.31 Å². The fourth-order valence-corrected chi connectivity index (χ4v) is 5.84. The summed E-state index contributed by atoms with van der Waals surface area (Å²) in [4.78, 5) is 13.0. The van der Waals surface area contributed by atoms with Crippen LogP contribution in [0.2, 0.25) is 0 Å². The third-order valence-corrected chi connectivity index (χ3v) is 7.99. The molecule has 166 valence electrons. The molecule has 0 spiro atoms. The Morgan fingerprint density at radius 2 is 1.81 bits per heavy atom. The van der Waals surface area contributed by atoms with Gasteiger partial charge in [-0.15, -0.1) is 0 Å². The Balaban J connectivity index is 1.59. The van der Waals surface area contributed by atoms with Gasteiger partial charge in [0.2, 0.25) is 15.9 Å². The quantitative estimate of drug-likeness (QED) is 0.521. The van der Waals surface area contributed by atoms with Crippen molar-refractivity contribution in [2.45, 2.75) is 30.3 Å². The summed E-state index contributed by atoms with van der Waals surface area (Å²) >= 11 is 3.33. The lowest BCUT2D eigenvalue weighted by atomic mass is 9.92. The van der Waals surface area contributed by atoms with Crippen molar-refractivity contribution in [2.75, 3.05) is 6.54 Å². The molecule has 8 heteroatoms. The molecule has 0 bridgehead atoms. The van der Waals surface area contributed by atoms with Crippen molar-refractivity contribution < 1.29 is 17.6 Å². The molecule has 1 N–H and O–H groups in total. The molecule has 0 fully saturated rings. The highest BCUT2D eigenvalue weighted by atomic mass is 79.9. The Morgan fingerprint density at radius 3 is 2.56 bits per heavy atom. The SMILES string of the molecule is O=C(CC1c2ccccc2CCN1S(=O)(=O)c1ccc(Br)cc1)NCc1cccc(F)c1. The van der Waals surface area contributed by atoms with Crippen LogP contribution in [0.1, 0.15) is 29.2 Å². The molecule has 1 amide bonds. The molecule has 0 saturated carbocycles. The topological polar surface area (TPSA) is 66.5 Å². The Morgan fingerprint density at radius 1 is 1.06 bits per heavy atom. The number of sulfonamides is 1. The maximum absolute atomic E-state index is 13.5. The molecule has 4 rings (SSSR count). The average molecular weight is 517 g/mol. The summed E-state index contributed by atoms with van der Waals surface area (Å²) in [5, 5.41) is 2.79. The smallest absolute Gasteiger partial charge is 0.243 e. The number of benzene rings is 3. The third-order valence-electron chi connectivity index (χ3n) is 5.54. The van der Waals surface area contributed by atoms with Gasteiger partial charge in [-0.1, -0.05) is 52.3 Å². The lowest BCUT2D eigenvalue weighted by Crippen LogP contribution is -2.42. The Bertz CT molecular complexity index is 1230. The number of nitrogens with one attached hydrogen (secondary N) is 1. The molecule has 3 aromatic carbocycles. The molecule has 0 saturated heterocycles. The lowest BCUT2D eigenvalue weighted by molar-refractivity contribution is -0.122. The third kappa shape index (κ3) is 4.92. The number of rotatable bonds is 6. The van der Waals surface area contributed by atoms with Gasteiger partial charge in [0.1, 0.15) is 5.82 Å². The van der Waals surface area contributed by atoms with E-state index < -0.39 is 16.1 Å². The van der Waals surface area contributed by atoms with E-state index in [9.17, 15) is 17.6 Å². The molecule has 1 atom stereocenters. The van der Waals surface area contributed by atoms with Gasteiger partial charge < -0.3 is 5.32 Å². The maximum atomic E-state index is 13.5. The van der Waals surface area contributed by atoms with Crippen LogP contribution < -0.4 is 5.32 Å². The molecule has 1 heterocycles. The molecular formula is C24H22BrFN2O3S. The van der Waals surface area contributed by atoms with Crippen LogP contribution in [0.25, 0.3) is 0 Å². The zero-order chi connectivity index (χ0) is 22.7. The van der Waals surface area contributed by atoms with Crippen LogP contribution in [0.15, 0.2) is 82.2 Å². The number of nitrogens with zero attached hydrogens (tertiary/aromatic N) is 1. The summed E-state index contributed by atoms with van der Waals surface area (Å²) in [7, 11) is -3.81. The van der Waals surface area contributed by atoms with Gasteiger partial charge in [0.25, 0.3) is 0 Å². The molecule has 1 aliphatic rings. The molecule has 0 aliphatic carbocycles. The van der Waals surface area contributed by atoms with Gasteiger partial charge >= 0.3 is 0 Å². The van der Waals surface area contributed by atoms with Gasteiger partial charge in [-0.3, -0.25) is 4.79 Å². The van der Waals surface area contributed by atoms with Crippen molar-refractivity contribution in [1.29, 1.82) is 0 Å². The van der Waals surface area contributed by atoms with Gasteiger partial charge in [0.05, 0.1) is 10.9 Å². The molecule has 0 radical (unpaired) electrons. The molecule has 3 aromatic rings. The Labute approximate surface area is 195 Å². The van der Waals surface area contributed by atoms with Gasteiger partial charge in [0, 0.05) is 24.0 Å². The zero-order valence-electron chi connectivity index (χ0n) is 17.2. The van der Waals surface area contributed by atoms with Crippen LogP contribution in [-0.4, -0.2) is 25.2 Å². The lowest BCUT2D eigenvalue weighted by Gasteiger charge is -2.36. The van der Waals surface area contributed by atoms with Gasteiger partial charge in [0.15, 0.2) is 0 Å². The first-order valence-corrected chi connectivity index (χ1v) is 12.4. The standard InChI is InChI=1S/C24H22BrFN2O3S/c25-19-8-10-21(11-9-19)32(30,31)28-13-12-18-5-1-2-7-22(18)23(28)15-24(29)27-16-17-4-3-6-20(26)14-17/h1-11,14,23H,12-13,15-16H2,(H,27,29). The minimum atomic E-state index is -3.81. The molecule has 1 aliphatic heterocycles. The van der Waals surface area contributed by atoms with Crippen LogP contribution in [0.3, 0.4) is 0 Å². The number of fused-ring (bicyclic) bond motifs is 1. The number of carbonyl (C=O) groups is 1. The van der Waals surface area contributed by atoms with Crippen molar-refractivity contribution in [1.82, 2.24) is 9.62 Å². The van der Waals surface area contributed by atoms with Gasteiger partial charge in [-0.25, -0.2) is 12.8 Å². The van der Waals surface area contributed by atoms with Crippen molar-refractivity contribution in [3.05, 3.63) is 99.8 Å². The maximum Gasteiger partial charge on any atom is 0.243 e. The molecule has 32 heavy (non-hydrogen) atoms. The van der Waals surface area contributed by atoms with Crippen LogP contribution in [-0.2, 0) is 27.8 Å². The van der Waals surface area contributed by atoms with Crippen molar-refractivity contribution in [3.8, 4) is 0 Å². The highest BCUT2D eigenvalue weighted by Gasteiger charge is 2.37. The summed E-state index contributed by atoms with van der Waals surface area (Å²) in [6, 6.07) is 19.5. The number of hydrogen-bond donors (Lipinski definition) is 1. The van der Waals surface area contributed by atoms with Crippen molar-refractivity contribution in [3.63, 3.8) is 0 Å². The number of hydrogen-bond acceptors (Lipinski definition) is 3.